The summed E-state index contributed by atoms with van der Waals surface area (Å²) in [6.45, 7) is 5.39. The van der Waals surface area contributed by atoms with Gasteiger partial charge in [-0.2, -0.15) is 0 Å². The van der Waals surface area contributed by atoms with Gasteiger partial charge < -0.3 is 19.5 Å². The standard InChI is InChI=1S/C23H25N3O4/c1-23(2,3)22(27)30-20-12-15(10-11-19(20)29-5)26-21-13-17(24-14-25-21)16-8-6-7-9-18(16)28-4/h6-14H,1-5H3,(H,24,25,26). The fraction of sp³-hybridized carbons (Fsp3) is 0.261. The smallest absolute Gasteiger partial charge is 0.316 e. The molecular formula is C23H25N3O4. The number of hydrogen-bond acceptors (Lipinski definition) is 7. The van der Waals surface area contributed by atoms with Crippen LogP contribution >= 0.6 is 0 Å². The molecule has 0 radical (unpaired) electrons. The molecule has 30 heavy (non-hydrogen) atoms. The Labute approximate surface area is 176 Å². The monoisotopic (exact) mass is 407 g/mol. The molecule has 0 aliphatic carbocycles. The van der Waals surface area contributed by atoms with Crippen molar-refractivity contribution in [2.45, 2.75) is 20.8 Å². The van der Waals surface area contributed by atoms with E-state index in [9.17, 15) is 4.79 Å². The molecular weight excluding hydrogens is 382 g/mol. The predicted octanol–water partition coefficient (Wildman–Crippen LogP) is 4.86. The lowest BCUT2D eigenvalue weighted by Crippen LogP contribution is -2.25. The Morgan fingerprint density at radius 2 is 1.63 bits per heavy atom. The van der Waals surface area contributed by atoms with Crippen LogP contribution in [0.5, 0.6) is 17.2 Å². The van der Waals surface area contributed by atoms with Gasteiger partial charge in [0.25, 0.3) is 0 Å². The zero-order valence-electron chi connectivity index (χ0n) is 17.7. The number of anilines is 2. The second kappa shape index (κ2) is 8.82. The fourth-order valence-electron chi connectivity index (χ4n) is 2.66. The molecule has 0 fully saturated rings. The molecule has 3 rings (SSSR count). The van der Waals surface area contributed by atoms with Crippen LogP contribution in [-0.4, -0.2) is 30.2 Å². The van der Waals surface area contributed by atoms with Crippen molar-refractivity contribution >= 4 is 17.5 Å². The molecule has 0 atom stereocenters. The fourth-order valence-corrected chi connectivity index (χ4v) is 2.66. The van der Waals surface area contributed by atoms with E-state index in [1.165, 1.54) is 13.4 Å². The topological polar surface area (TPSA) is 82.6 Å². The van der Waals surface area contributed by atoms with Crippen molar-refractivity contribution in [3.05, 3.63) is 54.9 Å². The average molecular weight is 407 g/mol. The summed E-state index contributed by atoms with van der Waals surface area (Å²) in [5.41, 5.74) is 1.64. The van der Waals surface area contributed by atoms with Crippen molar-refractivity contribution < 1.29 is 19.0 Å². The molecule has 0 amide bonds. The maximum atomic E-state index is 12.3. The van der Waals surface area contributed by atoms with Gasteiger partial charge in [0, 0.05) is 23.4 Å². The molecule has 7 nitrogen and oxygen atoms in total. The highest BCUT2D eigenvalue weighted by atomic mass is 16.6. The van der Waals surface area contributed by atoms with Crippen LogP contribution in [0, 0.1) is 5.41 Å². The molecule has 0 spiro atoms. The highest BCUT2D eigenvalue weighted by Crippen LogP contribution is 2.34. The summed E-state index contributed by atoms with van der Waals surface area (Å²) in [6, 6.07) is 14.7. The van der Waals surface area contributed by atoms with E-state index in [-0.39, 0.29) is 5.97 Å². The molecule has 0 aliphatic heterocycles. The zero-order valence-corrected chi connectivity index (χ0v) is 17.7. The normalized spacial score (nSPS) is 11.0. The third kappa shape index (κ3) is 4.86. The Morgan fingerprint density at radius 1 is 0.900 bits per heavy atom. The molecule has 1 aromatic heterocycles. The largest absolute Gasteiger partial charge is 0.496 e. The Morgan fingerprint density at radius 3 is 2.33 bits per heavy atom. The van der Waals surface area contributed by atoms with Crippen molar-refractivity contribution in [2.75, 3.05) is 19.5 Å². The van der Waals surface area contributed by atoms with Gasteiger partial charge in [-0.3, -0.25) is 4.79 Å². The summed E-state index contributed by atoms with van der Waals surface area (Å²) in [5, 5.41) is 3.22. The summed E-state index contributed by atoms with van der Waals surface area (Å²) in [4.78, 5) is 20.9. The third-order valence-electron chi connectivity index (χ3n) is 4.30. The van der Waals surface area contributed by atoms with E-state index in [0.717, 1.165) is 17.0 Å². The third-order valence-corrected chi connectivity index (χ3v) is 4.30. The van der Waals surface area contributed by atoms with E-state index in [1.807, 2.05) is 36.4 Å². The summed E-state index contributed by atoms with van der Waals surface area (Å²) in [7, 11) is 3.15. The van der Waals surface area contributed by atoms with Gasteiger partial charge in [-0.1, -0.05) is 12.1 Å². The number of nitrogens with zero attached hydrogens (tertiary/aromatic N) is 2. The van der Waals surface area contributed by atoms with Crippen molar-refractivity contribution in [1.82, 2.24) is 9.97 Å². The Kier molecular flexibility index (Phi) is 6.20. The summed E-state index contributed by atoms with van der Waals surface area (Å²) in [5.74, 6) is 1.77. The van der Waals surface area contributed by atoms with E-state index in [2.05, 4.69) is 15.3 Å². The number of benzene rings is 2. The lowest BCUT2D eigenvalue weighted by atomic mass is 9.97. The summed E-state index contributed by atoms with van der Waals surface area (Å²) < 4.78 is 16.3. The van der Waals surface area contributed by atoms with Gasteiger partial charge in [0.2, 0.25) is 0 Å². The molecule has 0 unspecified atom stereocenters. The molecule has 2 aromatic carbocycles. The van der Waals surface area contributed by atoms with Gasteiger partial charge in [-0.25, -0.2) is 9.97 Å². The zero-order chi connectivity index (χ0) is 21.7. The first kappa shape index (κ1) is 21.1. The lowest BCUT2D eigenvalue weighted by Gasteiger charge is -2.18. The van der Waals surface area contributed by atoms with Gasteiger partial charge in [0.15, 0.2) is 11.5 Å². The summed E-state index contributed by atoms with van der Waals surface area (Å²) in [6.07, 6.45) is 1.48. The van der Waals surface area contributed by atoms with E-state index in [4.69, 9.17) is 14.2 Å². The number of ether oxygens (including phenoxy) is 3. The number of esters is 1. The molecule has 0 bridgehead atoms. The molecule has 3 aromatic rings. The second-order valence-corrected chi connectivity index (χ2v) is 7.62. The number of aromatic nitrogens is 2. The van der Waals surface area contributed by atoms with Crippen molar-refractivity contribution in [1.29, 1.82) is 0 Å². The predicted molar refractivity (Wildman–Crippen MR) is 115 cm³/mol. The van der Waals surface area contributed by atoms with E-state index in [0.29, 0.717) is 23.0 Å². The molecule has 7 heteroatoms. The summed E-state index contributed by atoms with van der Waals surface area (Å²) >= 11 is 0. The van der Waals surface area contributed by atoms with Crippen LogP contribution in [0.3, 0.4) is 0 Å². The number of nitrogens with one attached hydrogen (secondary N) is 1. The SMILES string of the molecule is COc1ccc(Nc2cc(-c3ccccc3OC)ncn2)cc1OC(=O)C(C)(C)C. The van der Waals surface area contributed by atoms with Crippen LogP contribution in [0.1, 0.15) is 20.8 Å². The number of methoxy groups -OCH3 is 2. The maximum absolute atomic E-state index is 12.3. The van der Waals surface area contributed by atoms with Gasteiger partial charge in [0.1, 0.15) is 17.9 Å². The average Bonchev–Trinajstić information content (AvgIpc) is 2.73. The lowest BCUT2D eigenvalue weighted by molar-refractivity contribution is -0.143. The molecule has 156 valence electrons. The minimum Gasteiger partial charge on any atom is -0.496 e. The number of para-hydroxylation sites is 1. The van der Waals surface area contributed by atoms with Crippen LogP contribution in [-0.2, 0) is 4.79 Å². The molecule has 1 heterocycles. The number of rotatable bonds is 6. The molecule has 0 aliphatic rings. The van der Waals surface area contributed by atoms with Gasteiger partial charge >= 0.3 is 5.97 Å². The van der Waals surface area contributed by atoms with Crippen molar-refractivity contribution in [3.8, 4) is 28.5 Å². The number of carbonyl (C=O) groups is 1. The van der Waals surface area contributed by atoms with E-state index < -0.39 is 5.41 Å². The minimum absolute atomic E-state index is 0.335. The highest BCUT2D eigenvalue weighted by Gasteiger charge is 2.25. The van der Waals surface area contributed by atoms with Crippen LogP contribution in [0.4, 0.5) is 11.5 Å². The molecule has 1 N–H and O–H groups in total. The minimum atomic E-state index is -0.634. The maximum Gasteiger partial charge on any atom is 0.316 e. The first-order valence-electron chi connectivity index (χ1n) is 9.44. The van der Waals surface area contributed by atoms with E-state index in [1.54, 1.807) is 40.0 Å². The highest BCUT2D eigenvalue weighted by molar-refractivity contribution is 5.79. The van der Waals surface area contributed by atoms with Gasteiger partial charge in [0.05, 0.1) is 25.3 Å². The Bertz CT molecular complexity index is 1040. The number of carbonyl (C=O) groups excluding carboxylic acids is 1. The van der Waals surface area contributed by atoms with Crippen LogP contribution < -0.4 is 19.5 Å². The van der Waals surface area contributed by atoms with Crippen LogP contribution in [0.25, 0.3) is 11.3 Å². The molecule has 0 saturated heterocycles. The van der Waals surface area contributed by atoms with Crippen LogP contribution in [0.15, 0.2) is 54.9 Å². The Balaban J connectivity index is 1.88. The Hall–Kier alpha value is -3.61. The quantitative estimate of drug-likeness (QED) is 0.462. The number of hydrogen-bond donors (Lipinski definition) is 1. The van der Waals surface area contributed by atoms with Crippen molar-refractivity contribution in [2.24, 2.45) is 5.41 Å². The van der Waals surface area contributed by atoms with Gasteiger partial charge in [-0.05, 0) is 45.0 Å². The van der Waals surface area contributed by atoms with E-state index >= 15 is 0 Å². The second-order valence-electron chi connectivity index (χ2n) is 7.62. The van der Waals surface area contributed by atoms with Gasteiger partial charge in [-0.15, -0.1) is 0 Å². The first-order chi connectivity index (χ1) is 14.3. The van der Waals surface area contributed by atoms with Crippen LogP contribution in [0.2, 0.25) is 0 Å². The molecule has 0 saturated carbocycles. The van der Waals surface area contributed by atoms with Crippen molar-refractivity contribution in [3.63, 3.8) is 0 Å². The first-order valence-corrected chi connectivity index (χ1v) is 9.44.